The zero-order valence-corrected chi connectivity index (χ0v) is 13.5. The molecule has 0 aliphatic heterocycles. The van der Waals surface area contributed by atoms with E-state index in [0.29, 0.717) is 11.6 Å². The molecule has 7 heteroatoms. The van der Waals surface area contributed by atoms with Crippen LogP contribution in [0.2, 0.25) is 0 Å². The monoisotopic (exact) mass is 345 g/mol. The van der Waals surface area contributed by atoms with E-state index in [1.807, 2.05) is 6.07 Å². The van der Waals surface area contributed by atoms with Gasteiger partial charge in [-0.15, -0.1) is 0 Å². The van der Waals surface area contributed by atoms with Crippen molar-refractivity contribution in [3.8, 4) is 6.07 Å². The number of nitriles is 1. The summed E-state index contributed by atoms with van der Waals surface area (Å²) in [5.41, 5.74) is -0.485. The van der Waals surface area contributed by atoms with Gasteiger partial charge in [-0.2, -0.15) is 5.26 Å². The first-order valence-corrected chi connectivity index (χ1v) is 7.50. The van der Waals surface area contributed by atoms with E-state index in [1.165, 1.54) is 6.92 Å². The minimum atomic E-state index is -1.69. The Labute approximate surface area is 143 Å². The molecular weight excluding hydrogens is 328 g/mol. The second-order valence-corrected chi connectivity index (χ2v) is 5.74. The lowest BCUT2D eigenvalue weighted by Gasteiger charge is -2.24. The Morgan fingerprint density at radius 3 is 2.48 bits per heavy atom. The molecule has 0 bridgehead atoms. The standard InChI is InChI=1S/C18H17F2N3O2/c1-18(25,15-7-6-14(19)8-16(15)20)11-23-17(24)22-10-13-4-2-12(9-21)3-5-13/h2-8,25H,10-11H2,1H3,(H2,22,23,24). The average Bonchev–Trinajstić information content (AvgIpc) is 2.58. The molecule has 0 radical (unpaired) electrons. The Morgan fingerprint density at radius 1 is 1.20 bits per heavy atom. The number of halogens is 2. The molecule has 0 aliphatic carbocycles. The van der Waals surface area contributed by atoms with Gasteiger partial charge in [0.1, 0.15) is 17.2 Å². The molecule has 25 heavy (non-hydrogen) atoms. The Balaban J connectivity index is 1.88. The molecule has 130 valence electrons. The maximum atomic E-state index is 13.8. The van der Waals surface area contributed by atoms with Crippen LogP contribution in [0.3, 0.4) is 0 Å². The average molecular weight is 345 g/mol. The fraction of sp³-hybridized carbons (Fsp3) is 0.222. The third-order valence-corrected chi connectivity index (χ3v) is 3.64. The van der Waals surface area contributed by atoms with Crippen molar-refractivity contribution in [1.29, 1.82) is 5.26 Å². The van der Waals surface area contributed by atoms with Crippen molar-refractivity contribution >= 4 is 6.03 Å². The van der Waals surface area contributed by atoms with E-state index in [1.54, 1.807) is 24.3 Å². The predicted molar refractivity (Wildman–Crippen MR) is 87.3 cm³/mol. The minimum Gasteiger partial charge on any atom is -0.383 e. The van der Waals surface area contributed by atoms with E-state index in [2.05, 4.69) is 10.6 Å². The third kappa shape index (κ3) is 4.99. The summed E-state index contributed by atoms with van der Waals surface area (Å²) in [6.07, 6.45) is 0. The van der Waals surface area contributed by atoms with E-state index in [9.17, 15) is 18.7 Å². The molecule has 0 heterocycles. The fourth-order valence-corrected chi connectivity index (χ4v) is 2.22. The van der Waals surface area contributed by atoms with Crippen LogP contribution in [0, 0.1) is 23.0 Å². The van der Waals surface area contributed by atoms with Crippen molar-refractivity contribution in [3.05, 3.63) is 70.8 Å². The quantitative estimate of drug-likeness (QED) is 0.778. The molecule has 0 saturated heterocycles. The van der Waals surface area contributed by atoms with Crippen molar-refractivity contribution in [1.82, 2.24) is 10.6 Å². The van der Waals surface area contributed by atoms with E-state index in [4.69, 9.17) is 5.26 Å². The van der Waals surface area contributed by atoms with Crippen molar-refractivity contribution in [2.24, 2.45) is 0 Å². The second kappa shape index (κ2) is 7.73. The largest absolute Gasteiger partial charge is 0.383 e. The summed E-state index contributed by atoms with van der Waals surface area (Å²) in [4.78, 5) is 11.8. The first-order chi connectivity index (χ1) is 11.8. The molecule has 3 N–H and O–H groups in total. The maximum absolute atomic E-state index is 13.8. The Kier molecular flexibility index (Phi) is 5.67. The van der Waals surface area contributed by atoms with Crippen LogP contribution >= 0.6 is 0 Å². The van der Waals surface area contributed by atoms with Gasteiger partial charge in [-0.05, 0) is 30.7 Å². The van der Waals surface area contributed by atoms with Gasteiger partial charge in [0.2, 0.25) is 0 Å². The van der Waals surface area contributed by atoms with Gasteiger partial charge in [0.05, 0.1) is 18.2 Å². The van der Waals surface area contributed by atoms with Gasteiger partial charge in [0.15, 0.2) is 0 Å². The van der Waals surface area contributed by atoms with Crippen LogP contribution in [0.15, 0.2) is 42.5 Å². The van der Waals surface area contributed by atoms with Crippen LogP contribution < -0.4 is 10.6 Å². The Hall–Kier alpha value is -2.98. The van der Waals surface area contributed by atoms with Gasteiger partial charge in [0.25, 0.3) is 0 Å². The summed E-state index contributed by atoms with van der Waals surface area (Å²) in [6, 6.07) is 11.0. The molecule has 1 atom stereocenters. The van der Waals surface area contributed by atoms with Gasteiger partial charge >= 0.3 is 6.03 Å². The molecule has 2 aromatic carbocycles. The summed E-state index contributed by atoms with van der Waals surface area (Å²) in [7, 11) is 0. The zero-order chi connectivity index (χ0) is 18.4. The number of nitrogens with zero attached hydrogens (tertiary/aromatic N) is 1. The van der Waals surface area contributed by atoms with E-state index in [0.717, 1.165) is 17.7 Å². The van der Waals surface area contributed by atoms with E-state index >= 15 is 0 Å². The van der Waals surface area contributed by atoms with Crippen molar-refractivity contribution in [2.45, 2.75) is 19.1 Å². The number of carbonyl (C=O) groups is 1. The normalized spacial score (nSPS) is 12.8. The van der Waals surface area contributed by atoms with Crippen LogP contribution in [-0.2, 0) is 12.1 Å². The molecule has 0 fully saturated rings. The fourth-order valence-electron chi connectivity index (χ4n) is 2.22. The van der Waals surface area contributed by atoms with Gasteiger partial charge in [-0.1, -0.05) is 18.2 Å². The summed E-state index contributed by atoms with van der Waals surface area (Å²) < 4.78 is 26.7. The number of carbonyl (C=O) groups excluding carboxylic acids is 1. The molecule has 2 aromatic rings. The number of hydrogen-bond acceptors (Lipinski definition) is 3. The number of rotatable bonds is 5. The minimum absolute atomic E-state index is 0.110. The molecule has 2 amide bonds. The number of amides is 2. The van der Waals surface area contributed by atoms with Crippen molar-refractivity contribution < 1.29 is 18.7 Å². The summed E-state index contributed by atoms with van der Waals surface area (Å²) in [5, 5.41) is 24.1. The number of nitrogens with one attached hydrogen (secondary N) is 2. The second-order valence-electron chi connectivity index (χ2n) is 5.74. The lowest BCUT2D eigenvalue weighted by molar-refractivity contribution is 0.0555. The molecule has 2 rings (SSSR count). The number of aliphatic hydroxyl groups is 1. The van der Waals surface area contributed by atoms with E-state index in [-0.39, 0.29) is 18.7 Å². The molecule has 1 unspecified atom stereocenters. The van der Waals surface area contributed by atoms with Crippen LogP contribution in [0.5, 0.6) is 0 Å². The van der Waals surface area contributed by atoms with Crippen LogP contribution in [0.25, 0.3) is 0 Å². The van der Waals surface area contributed by atoms with Crippen LogP contribution in [-0.4, -0.2) is 17.7 Å². The van der Waals surface area contributed by atoms with Crippen LogP contribution in [0.4, 0.5) is 13.6 Å². The maximum Gasteiger partial charge on any atom is 0.315 e. The molecule has 0 saturated carbocycles. The number of hydrogen-bond donors (Lipinski definition) is 3. The van der Waals surface area contributed by atoms with Crippen LogP contribution in [0.1, 0.15) is 23.6 Å². The molecular formula is C18H17F2N3O2. The van der Waals surface area contributed by atoms with Gasteiger partial charge in [0, 0.05) is 18.2 Å². The molecule has 5 nitrogen and oxygen atoms in total. The molecule has 0 aliphatic rings. The van der Waals surface area contributed by atoms with Gasteiger partial charge in [-0.3, -0.25) is 0 Å². The summed E-state index contributed by atoms with van der Waals surface area (Å²) >= 11 is 0. The highest BCUT2D eigenvalue weighted by atomic mass is 19.1. The van der Waals surface area contributed by atoms with Crippen molar-refractivity contribution in [3.63, 3.8) is 0 Å². The molecule has 0 aromatic heterocycles. The first kappa shape index (κ1) is 18.4. The molecule has 0 spiro atoms. The summed E-state index contributed by atoms with van der Waals surface area (Å²) in [5.74, 6) is -1.63. The van der Waals surface area contributed by atoms with Gasteiger partial charge in [-0.25, -0.2) is 13.6 Å². The smallest absolute Gasteiger partial charge is 0.315 e. The SMILES string of the molecule is CC(O)(CNC(=O)NCc1ccc(C#N)cc1)c1ccc(F)cc1F. The lowest BCUT2D eigenvalue weighted by atomic mass is 9.95. The topological polar surface area (TPSA) is 85.2 Å². The highest BCUT2D eigenvalue weighted by Crippen LogP contribution is 2.23. The summed E-state index contributed by atoms with van der Waals surface area (Å²) in [6.45, 7) is 1.30. The first-order valence-electron chi connectivity index (χ1n) is 7.50. The van der Waals surface area contributed by atoms with Crippen molar-refractivity contribution in [2.75, 3.05) is 6.54 Å². The number of urea groups is 1. The Morgan fingerprint density at radius 2 is 1.88 bits per heavy atom. The highest BCUT2D eigenvalue weighted by Gasteiger charge is 2.27. The third-order valence-electron chi connectivity index (χ3n) is 3.64. The highest BCUT2D eigenvalue weighted by molar-refractivity contribution is 5.73. The van der Waals surface area contributed by atoms with E-state index < -0.39 is 23.3 Å². The Bertz CT molecular complexity index is 799. The lowest BCUT2D eigenvalue weighted by Crippen LogP contribution is -2.43. The number of benzene rings is 2. The predicted octanol–water partition coefficient (Wildman–Crippen LogP) is 2.54. The van der Waals surface area contributed by atoms with Gasteiger partial charge < -0.3 is 15.7 Å². The zero-order valence-electron chi connectivity index (χ0n) is 13.5.